The second-order valence-corrected chi connectivity index (χ2v) is 28.5. The van der Waals surface area contributed by atoms with E-state index in [4.69, 9.17) is 27.5 Å². The SMILES string of the molecule is CCCCC(CC)Cc1cc2sc(-c3cnc(-c4cc5c(s4)c4sc6cc(-c7ncc(-c8cc9sc(CC(CC)CCCC)cc9s8)c8nsnc78)sc6c4n5CC(CC)CCCC)c4nsnc34)cc2s1. The minimum Gasteiger partial charge on any atom is -0.338 e. The molecule has 12 aromatic heterocycles. The largest absolute Gasteiger partial charge is 0.338 e. The third-order valence-electron chi connectivity index (χ3n) is 15.0. The Morgan fingerprint density at radius 1 is 0.444 bits per heavy atom. The van der Waals surface area contributed by atoms with Crippen molar-refractivity contribution in [3.8, 4) is 42.0 Å². The van der Waals surface area contributed by atoms with E-state index in [-0.39, 0.29) is 0 Å². The lowest BCUT2D eigenvalue weighted by molar-refractivity contribution is 0.401. The molecule has 0 amide bonds. The molecule has 0 aliphatic carbocycles. The molecule has 0 aliphatic rings. The zero-order valence-corrected chi connectivity index (χ0v) is 49.1. The molecule has 0 N–H and O–H groups in total. The summed E-state index contributed by atoms with van der Waals surface area (Å²) in [6.45, 7) is 15.0. The third kappa shape index (κ3) is 9.13. The Labute approximate surface area is 457 Å². The number of nitrogens with zero attached hydrogens (tertiary/aromatic N) is 7. The van der Waals surface area contributed by atoms with Gasteiger partial charge in [0.15, 0.2) is 0 Å². The molecule has 3 unspecified atom stereocenters. The number of fused-ring (bicyclic) bond motifs is 9. The topological polar surface area (TPSA) is 82.3 Å². The zero-order valence-electron chi connectivity index (χ0n) is 41.8. The number of aromatic nitrogens is 7. The first-order valence-corrected chi connectivity index (χ1v) is 33.3. The number of hydrogen-bond donors (Lipinski definition) is 0. The van der Waals surface area contributed by atoms with Gasteiger partial charge >= 0.3 is 0 Å². The molecule has 12 aromatic rings. The molecule has 0 spiro atoms. The molecule has 372 valence electrons. The molecule has 12 rings (SSSR count). The van der Waals surface area contributed by atoms with Crippen LogP contribution in [0.3, 0.4) is 0 Å². The highest BCUT2D eigenvalue weighted by Crippen LogP contribution is 2.52. The summed E-state index contributed by atoms with van der Waals surface area (Å²) in [5, 5.41) is 0. The first-order valence-electron chi connectivity index (χ1n) is 26.1. The normalized spacial score (nSPS) is 13.8. The van der Waals surface area contributed by atoms with E-state index in [1.165, 1.54) is 175 Å². The Balaban J connectivity index is 0.877. The van der Waals surface area contributed by atoms with Crippen LogP contribution in [0.4, 0.5) is 0 Å². The summed E-state index contributed by atoms with van der Waals surface area (Å²) in [4.78, 5) is 18.3. The van der Waals surface area contributed by atoms with Crippen molar-refractivity contribution < 1.29 is 0 Å². The van der Waals surface area contributed by atoms with Crippen molar-refractivity contribution in [3.05, 3.63) is 58.5 Å². The van der Waals surface area contributed by atoms with Gasteiger partial charge in [0.25, 0.3) is 0 Å². The number of unbranched alkanes of at least 4 members (excludes halogenated alkanes) is 3. The van der Waals surface area contributed by atoms with Gasteiger partial charge in [-0.25, -0.2) is 0 Å². The predicted octanol–water partition coefficient (Wildman–Crippen LogP) is 20.9. The molecule has 3 atom stereocenters. The van der Waals surface area contributed by atoms with Gasteiger partial charge in [0.05, 0.1) is 58.3 Å². The van der Waals surface area contributed by atoms with Crippen LogP contribution in [-0.2, 0) is 19.4 Å². The fraction of sp³-hybridized carbons (Fsp3) is 0.429. The van der Waals surface area contributed by atoms with E-state index in [0.29, 0.717) is 5.92 Å². The van der Waals surface area contributed by atoms with Crippen LogP contribution in [0.25, 0.3) is 113 Å². The van der Waals surface area contributed by atoms with Crippen molar-refractivity contribution in [3.63, 3.8) is 0 Å². The van der Waals surface area contributed by atoms with Crippen LogP contribution in [0, 0.1) is 17.8 Å². The minimum atomic E-state index is 0.590. The summed E-state index contributed by atoms with van der Waals surface area (Å²) in [5.41, 5.74) is 10.4. The second-order valence-electron chi connectivity index (χ2n) is 19.7. The molecular weight excluding hydrogens is 1060 g/mol. The first-order chi connectivity index (χ1) is 35.4. The highest BCUT2D eigenvalue weighted by atomic mass is 32.1. The average Bonchev–Trinajstić information content (AvgIpc) is 4.23. The number of rotatable bonds is 22. The van der Waals surface area contributed by atoms with E-state index in [9.17, 15) is 0 Å². The molecule has 0 radical (unpaired) electrons. The molecule has 12 heterocycles. The maximum absolute atomic E-state index is 5.24. The molecule has 7 nitrogen and oxygen atoms in total. The van der Waals surface area contributed by atoms with Crippen molar-refractivity contribution >= 4 is 174 Å². The number of pyridine rings is 2. The molecule has 0 saturated carbocycles. The van der Waals surface area contributed by atoms with Crippen molar-refractivity contribution in [2.45, 2.75) is 138 Å². The highest BCUT2D eigenvalue weighted by Gasteiger charge is 2.27. The van der Waals surface area contributed by atoms with Crippen molar-refractivity contribution in [1.82, 2.24) is 32.0 Å². The van der Waals surface area contributed by atoms with E-state index in [1.54, 1.807) is 0 Å². The van der Waals surface area contributed by atoms with Gasteiger partial charge in [-0.2, -0.15) is 17.5 Å². The van der Waals surface area contributed by atoms with Gasteiger partial charge in [-0.05, 0) is 73.4 Å². The molecule has 16 heteroatoms. The second kappa shape index (κ2) is 21.2. The van der Waals surface area contributed by atoms with Crippen LogP contribution in [0.5, 0.6) is 0 Å². The zero-order chi connectivity index (χ0) is 49.0. The van der Waals surface area contributed by atoms with Gasteiger partial charge < -0.3 is 4.57 Å². The lowest BCUT2D eigenvalue weighted by atomic mass is 9.95. The van der Waals surface area contributed by atoms with Crippen LogP contribution >= 0.6 is 103 Å². The number of hydrogen-bond acceptors (Lipinski definition) is 15. The van der Waals surface area contributed by atoms with E-state index < -0.39 is 0 Å². The fourth-order valence-corrected chi connectivity index (χ4v) is 20.9. The van der Waals surface area contributed by atoms with Gasteiger partial charge in [-0.1, -0.05) is 112 Å². The molecule has 0 bridgehead atoms. The fourth-order valence-electron chi connectivity index (χ4n) is 10.7. The quantitative estimate of drug-likeness (QED) is 0.0672. The molecule has 0 saturated heterocycles. The Hall–Kier alpha value is -3.58. The van der Waals surface area contributed by atoms with Crippen molar-refractivity contribution in [2.24, 2.45) is 17.8 Å². The Morgan fingerprint density at radius 3 is 1.43 bits per heavy atom. The molecule has 0 aliphatic heterocycles. The summed E-state index contributed by atoms with van der Waals surface area (Å²) in [6.07, 6.45) is 21.7. The number of thiophene rings is 7. The third-order valence-corrected chi connectivity index (χ3v) is 24.4. The van der Waals surface area contributed by atoms with Crippen LogP contribution in [0.1, 0.15) is 128 Å². The monoisotopic (exact) mass is 1120 g/mol. The van der Waals surface area contributed by atoms with E-state index in [0.717, 1.165) is 79.1 Å². The highest BCUT2D eigenvalue weighted by molar-refractivity contribution is 7.37. The smallest absolute Gasteiger partial charge is 0.132 e. The Morgan fingerprint density at radius 2 is 0.917 bits per heavy atom. The predicted molar refractivity (Wildman–Crippen MR) is 324 cm³/mol. The summed E-state index contributed by atoms with van der Waals surface area (Å²) < 4.78 is 33.2. The molecule has 72 heavy (non-hydrogen) atoms. The van der Waals surface area contributed by atoms with Crippen LogP contribution < -0.4 is 0 Å². The van der Waals surface area contributed by atoms with Crippen LogP contribution in [-0.4, -0.2) is 32.0 Å². The van der Waals surface area contributed by atoms with E-state index in [2.05, 4.69) is 94.9 Å². The van der Waals surface area contributed by atoms with E-state index in [1.807, 2.05) is 79.4 Å². The summed E-state index contributed by atoms with van der Waals surface area (Å²) in [6, 6.07) is 14.4. The van der Waals surface area contributed by atoms with Gasteiger partial charge in [-0.15, -0.1) is 79.4 Å². The minimum absolute atomic E-state index is 0.590. The van der Waals surface area contributed by atoms with Gasteiger partial charge in [-0.3, -0.25) is 9.97 Å². The van der Waals surface area contributed by atoms with Gasteiger partial charge in [0.2, 0.25) is 0 Å². The lowest BCUT2D eigenvalue weighted by Gasteiger charge is -2.16. The summed E-state index contributed by atoms with van der Waals surface area (Å²) >= 11 is 15.9. The Bertz CT molecular complexity index is 3770. The van der Waals surface area contributed by atoms with Gasteiger partial charge in [0, 0.05) is 73.1 Å². The molecule has 0 aromatic carbocycles. The summed E-state index contributed by atoms with van der Waals surface area (Å²) in [7, 11) is 0. The molecular formula is C56H59N7S9. The lowest BCUT2D eigenvalue weighted by Crippen LogP contribution is -2.09. The Kier molecular flexibility index (Phi) is 14.5. The first kappa shape index (κ1) is 49.3. The van der Waals surface area contributed by atoms with Crippen LogP contribution in [0.2, 0.25) is 0 Å². The van der Waals surface area contributed by atoms with E-state index >= 15 is 0 Å². The van der Waals surface area contributed by atoms with Crippen molar-refractivity contribution in [1.29, 1.82) is 0 Å². The summed E-state index contributed by atoms with van der Waals surface area (Å²) in [5.74, 6) is 2.13. The average molecular weight is 1120 g/mol. The maximum atomic E-state index is 5.24. The maximum Gasteiger partial charge on any atom is 0.132 e. The van der Waals surface area contributed by atoms with Gasteiger partial charge in [0.1, 0.15) is 33.5 Å². The van der Waals surface area contributed by atoms with Crippen LogP contribution in [0.15, 0.2) is 48.8 Å². The molecule has 0 fully saturated rings. The standard InChI is InChI=1S/C56H59N7S9/c1-7-13-16-30(10-4)19-33-21-40-42(64-33)24-38(66-40)35-27-57-49(51-47(35)59-71-61-51)44-23-37-54(68-44)56-53(63(37)29-32(12-6)18-15-9-3)55-46(70-56)26-45(69-55)50-52-48(60-72-62-52)36(28-58-50)39-25-43-41(67-39)22-34(65-43)20-31(11-5)17-14-8-2/h21-28,30-32H,7-20,29H2,1-6H3. The van der Waals surface area contributed by atoms with Crippen molar-refractivity contribution in [2.75, 3.05) is 0 Å².